The summed E-state index contributed by atoms with van der Waals surface area (Å²) in [5, 5.41) is 9.27. The lowest BCUT2D eigenvalue weighted by Crippen LogP contribution is -2.26. The number of carboxylic acid groups (broad SMARTS) is 1. The first kappa shape index (κ1) is 26.2. The van der Waals surface area contributed by atoms with Gasteiger partial charge < -0.3 is 19.0 Å². The second-order valence-corrected chi connectivity index (χ2v) is 9.67. The van der Waals surface area contributed by atoms with Crippen LogP contribution in [0.25, 0.3) is 10.4 Å². The molecule has 2 aromatic carbocycles. The minimum Gasteiger partial charge on any atom is -0.488 e. The van der Waals surface area contributed by atoms with Gasteiger partial charge in [-0.3, -0.25) is 9.69 Å². The number of hydrogen-bond acceptors (Lipinski definition) is 6. The van der Waals surface area contributed by atoms with Crippen molar-refractivity contribution in [2.45, 2.75) is 33.0 Å². The molecule has 37 heavy (non-hydrogen) atoms. The molecule has 1 unspecified atom stereocenters. The van der Waals surface area contributed by atoms with E-state index in [4.69, 9.17) is 13.9 Å². The summed E-state index contributed by atoms with van der Waals surface area (Å²) in [5.41, 5.74) is 3.62. The Bertz CT molecular complexity index is 1330. The van der Waals surface area contributed by atoms with Crippen molar-refractivity contribution in [1.82, 2.24) is 0 Å². The first-order chi connectivity index (χ1) is 17.9. The molecule has 4 rings (SSSR count). The Morgan fingerprint density at radius 2 is 1.81 bits per heavy atom. The Labute approximate surface area is 219 Å². The number of carbonyl (C=O) groups excluding carboxylic acids is 1. The van der Waals surface area contributed by atoms with E-state index in [1.807, 2.05) is 48.5 Å². The van der Waals surface area contributed by atoms with Gasteiger partial charge in [-0.2, -0.15) is 0 Å². The molecule has 2 aromatic heterocycles. The normalized spacial score (nSPS) is 11.8. The van der Waals surface area contributed by atoms with Crippen molar-refractivity contribution in [1.29, 1.82) is 0 Å². The number of aliphatic carboxylic acids is 1. The van der Waals surface area contributed by atoms with Gasteiger partial charge in [0.2, 0.25) is 5.88 Å². The van der Waals surface area contributed by atoms with Gasteiger partial charge in [-0.15, -0.1) is 11.3 Å². The molecule has 0 radical (unpaired) electrons. The Hall–Kier alpha value is -3.88. The third-order valence-electron chi connectivity index (χ3n) is 5.94. The van der Waals surface area contributed by atoms with Gasteiger partial charge in [-0.05, 0) is 66.9 Å². The van der Waals surface area contributed by atoms with Crippen molar-refractivity contribution in [3.05, 3.63) is 94.6 Å². The van der Waals surface area contributed by atoms with Crippen molar-refractivity contribution in [3.63, 3.8) is 0 Å². The summed E-state index contributed by atoms with van der Waals surface area (Å²) in [4.78, 5) is 27.7. The maximum absolute atomic E-state index is 12.7. The number of carboxylic acids is 1. The van der Waals surface area contributed by atoms with E-state index in [1.54, 1.807) is 37.4 Å². The highest BCUT2D eigenvalue weighted by Gasteiger charge is 2.18. The first-order valence-electron chi connectivity index (χ1n) is 11.9. The molecule has 0 saturated carbocycles. The maximum atomic E-state index is 12.7. The zero-order valence-corrected chi connectivity index (χ0v) is 21.8. The zero-order chi connectivity index (χ0) is 26.4. The monoisotopic (exact) mass is 519 g/mol. The molecule has 4 aromatic rings. The number of carbonyl (C=O) groups is 2. The van der Waals surface area contributed by atoms with Crippen LogP contribution in [-0.4, -0.2) is 36.7 Å². The van der Waals surface area contributed by atoms with Crippen LogP contribution >= 0.6 is 11.3 Å². The third-order valence-corrected chi connectivity index (χ3v) is 7.20. The van der Waals surface area contributed by atoms with E-state index in [0.717, 1.165) is 26.4 Å². The summed E-state index contributed by atoms with van der Waals surface area (Å²) < 4.78 is 16.6. The largest absolute Gasteiger partial charge is 0.488 e. The number of nitrogens with zero attached hydrogens (tertiary/aromatic N) is 1. The van der Waals surface area contributed by atoms with Crippen molar-refractivity contribution in [2.24, 2.45) is 0 Å². The second-order valence-electron chi connectivity index (χ2n) is 8.53. The average molecular weight is 520 g/mol. The lowest BCUT2D eigenvalue weighted by atomic mass is 10.1. The predicted octanol–water partition coefficient (Wildman–Crippen LogP) is 6.20. The number of hydrogen-bond donors (Lipinski definition) is 1. The third kappa shape index (κ3) is 6.47. The maximum Gasteiger partial charge on any atom is 0.333 e. The standard InChI is InChI=1S/C29H29NO6S/c1-4-34-24(29(32)33)17-20-7-13-23(14-8-20)36-18-26-19(2)16-25(37-26)21-9-11-22(12-10-21)28(31)30(3)27-6-5-15-35-27/h5-16,24H,4,17-18H2,1-3H3,(H,32,33). The molecule has 0 bridgehead atoms. The van der Waals surface area contributed by atoms with Gasteiger partial charge in [-0.1, -0.05) is 24.3 Å². The van der Waals surface area contributed by atoms with Crippen LogP contribution < -0.4 is 9.64 Å². The molecule has 0 aliphatic carbocycles. The fourth-order valence-electron chi connectivity index (χ4n) is 3.84. The highest BCUT2D eigenvalue weighted by Crippen LogP contribution is 2.32. The minimum atomic E-state index is -0.964. The van der Waals surface area contributed by atoms with Crippen molar-refractivity contribution in [3.8, 4) is 16.2 Å². The van der Waals surface area contributed by atoms with Gasteiger partial charge in [0.1, 0.15) is 12.4 Å². The summed E-state index contributed by atoms with van der Waals surface area (Å²) in [7, 11) is 1.69. The first-order valence-corrected chi connectivity index (χ1v) is 12.7. The van der Waals surface area contributed by atoms with E-state index in [-0.39, 0.29) is 5.91 Å². The number of amides is 1. The number of ether oxygens (including phenoxy) is 2. The van der Waals surface area contributed by atoms with E-state index >= 15 is 0 Å². The van der Waals surface area contributed by atoms with Crippen molar-refractivity contribution in [2.75, 3.05) is 18.6 Å². The molecule has 192 valence electrons. The second kappa shape index (κ2) is 11.9. The number of furan rings is 1. The number of aryl methyl sites for hydroxylation is 1. The zero-order valence-electron chi connectivity index (χ0n) is 21.0. The van der Waals surface area contributed by atoms with Crippen LogP contribution in [0, 0.1) is 6.92 Å². The molecule has 1 amide bonds. The number of benzene rings is 2. The van der Waals surface area contributed by atoms with E-state index in [2.05, 4.69) is 13.0 Å². The Morgan fingerprint density at radius 1 is 1.08 bits per heavy atom. The van der Waals surface area contributed by atoms with E-state index < -0.39 is 12.1 Å². The van der Waals surface area contributed by atoms with Crippen molar-refractivity contribution < 1.29 is 28.6 Å². The van der Waals surface area contributed by atoms with Gasteiger partial charge >= 0.3 is 5.97 Å². The van der Waals surface area contributed by atoms with Crippen LogP contribution in [-0.2, 0) is 22.6 Å². The summed E-state index contributed by atoms with van der Waals surface area (Å²) in [6.45, 7) is 4.62. The van der Waals surface area contributed by atoms with Gasteiger partial charge in [0.15, 0.2) is 6.10 Å². The van der Waals surface area contributed by atoms with E-state index in [1.165, 1.54) is 11.2 Å². The van der Waals surface area contributed by atoms with E-state index in [0.29, 0.717) is 36.8 Å². The Kier molecular flexibility index (Phi) is 8.43. The Morgan fingerprint density at radius 3 is 2.43 bits per heavy atom. The fourth-order valence-corrected chi connectivity index (χ4v) is 4.93. The Balaban J connectivity index is 1.37. The molecule has 0 saturated heterocycles. The molecule has 7 nitrogen and oxygen atoms in total. The smallest absolute Gasteiger partial charge is 0.333 e. The average Bonchev–Trinajstić information content (AvgIpc) is 3.57. The molecule has 0 aliphatic rings. The van der Waals surface area contributed by atoms with Crippen LogP contribution in [0.15, 0.2) is 77.4 Å². The van der Waals surface area contributed by atoms with Crippen LogP contribution in [0.4, 0.5) is 5.88 Å². The molecule has 2 heterocycles. The highest BCUT2D eigenvalue weighted by molar-refractivity contribution is 7.15. The van der Waals surface area contributed by atoms with Gasteiger partial charge in [-0.25, -0.2) is 4.79 Å². The molecule has 1 atom stereocenters. The van der Waals surface area contributed by atoms with Gasteiger partial charge in [0.05, 0.1) is 6.26 Å². The lowest BCUT2D eigenvalue weighted by Gasteiger charge is -2.14. The molecule has 0 spiro atoms. The molecule has 0 aliphatic heterocycles. The predicted molar refractivity (Wildman–Crippen MR) is 143 cm³/mol. The van der Waals surface area contributed by atoms with Crippen LogP contribution in [0.1, 0.15) is 33.3 Å². The van der Waals surface area contributed by atoms with Gasteiger partial charge in [0.25, 0.3) is 5.91 Å². The minimum absolute atomic E-state index is 0.139. The lowest BCUT2D eigenvalue weighted by molar-refractivity contribution is -0.149. The van der Waals surface area contributed by atoms with Crippen LogP contribution in [0.5, 0.6) is 5.75 Å². The fraction of sp³-hybridized carbons (Fsp3) is 0.241. The molecule has 1 N–H and O–H groups in total. The number of rotatable bonds is 11. The number of thiophene rings is 1. The van der Waals surface area contributed by atoms with Crippen LogP contribution in [0.3, 0.4) is 0 Å². The topological polar surface area (TPSA) is 89.2 Å². The SMILES string of the molecule is CCOC(Cc1ccc(OCc2sc(-c3ccc(C(=O)N(C)c4ccco4)cc3)cc2C)cc1)C(=O)O. The summed E-state index contributed by atoms with van der Waals surface area (Å²) in [6.07, 6.45) is 0.992. The van der Waals surface area contributed by atoms with E-state index in [9.17, 15) is 14.7 Å². The molecule has 8 heteroatoms. The molecule has 0 fully saturated rings. The quantitative estimate of drug-likeness (QED) is 0.254. The summed E-state index contributed by atoms with van der Waals surface area (Å²) in [5.74, 6) is 0.107. The molecular formula is C29H29NO6S. The molecular weight excluding hydrogens is 490 g/mol. The summed E-state index contributed by atoms with van der Waals surface area (Å²) >= 11 is 1.65. The number of anilines is 1. The summed E-state index contributed by atoms with van der Waals surface area (Å²) in [6, 6.07) is 20.6. The highest BCUT2D eigenvalue weighted by atomic mass is 32.1. The van der Waals surface area contributed by atoms with Gasteiger partial charge in [0, 0.05) is 41.5 Å². The van der Waals surface area contributed by atoms with Crippen LogP contribution in [0.2, 0.25) is 0 Å². The van der Waals surface area contributed by atoms with Crippen molar-refractivity contribution >= 4 is 29.1 Å².